The molecule has 0 bridgehead atoms. The van der Waals surface area contributed by atoms with Gasteiger partial charge in [0.2, 0.25) is 0 Å². The Bertz CT molecular complexity index is 3730. The number of hydrogen-bond acceptors (Lipinski definition) is 3. The molecule has 8 aromatic carbocycles. The monoisotopic (exact) mass is 1030 g/mol. The van der Waals surface area contributed by atoms with E-state index in [1.165, 1.54) is 0 Å². The molecule has 6 nitrogen and oxygen atoms in total. The molecule has 0 aliphatic heterocycles. The molecule has 0 saturated heterocycles. The summed E-state index contributed by atoms with van der Waals surface area (Å²) in [4.78, 5) is 9.20. The molecule has 0 atom stereocenters. The van der Waals surface area contributed by atoms with Gasteiger partial charge in [0.15, 0.2) is 0 Å². The molecule has 4 aromatic heterocycles. The van der Waals surface area contributed by atoms with E-state index in [1.807, 2.05) is 42.6 Å². The summed E-state index contributed by atoms with van der Waals surface area (Å²) in [5.74, 6) is 1.93. The van der Waals surface area contributed by atoms with Gasteiger partial charge in [-0.2, -0.15) is 0 Å². The Balaban J connectivity index is 0.976. The number of imidazole rings is 1. The van der Waals surface area contributed by atoms with E-state index in [0.29, 0.717) is 11.5 Å². The molecule has 4 heterocycles. The molecular weight excluding hydrogens is 990 g/mol. The quantitative estimate of drug-likeness (QED) is 0.135. The third-order valence-electron chi connectivity index (χ3n) is 12.1. The van der Waals surface area contributed by atoms with E-state index in [4.69, 9.17) is 9.72 Å². The molecule has 0 spiro atoms. The van der Waals surface area contributed by atoms with Crippen LogP contribution in [0.4, 0.5) is 0 Å². The maximum atomic E-state index is 6.73. The minimum atomic E-state index is 0.572. The van der Waals surface area contributed by atoms with E-state index in [1.54, 1.807) is 12.4 Å². The van der Waals surface area contributed by atoms with Gasteiger partial charge in [-0.05, 0) is 34.9 Å². The van der Waals surface area contributed by atoms with E-state index >= 15 is 0 Å². The van der Waals surface area contributed by atoms with Crippen molar-refractivity contribution >= 4 is 32.8 Å². The molecule has 0 aliphatic rings. The number of rotatable bonds is 9. The molecule has 0 aliphatic carbocycles. The summed E-state index contributed by atoms with van der Waals surface area (Å²) in [7, 11) is 0. The van der Waals surface area contributed by atoms with Gasteiger partial charge in [0.05, 0.1) is 0 Å². The third kappa shape index (κ3) is 7.00. The maximum absolute atomic E-state index is 6.73. The van der Waals surface area contributed by atoms with E-state index in [0.717, 1.165) is 98.3 Å². The normalized spacial score (nSPS) is 11.4. The fourth-order valence-electron chi connectivity index (χ4n) is 9.05. The third-order valence-corrected chi connectivity index (χ3v) is 13.1. The molecule has 0 unspecified atom stereocenters. The van der Waals surface area contributed by atoms with Gasteiger partial charge in [-0.25, -0.2) is 0 Å². The first-order valence-electron chi connectivity index (χ1n) is 21.7. The van der Waals surface area contributed by atoms with E-state index in [-0.39, 0.29) is 0 Å². The van der Waals surface area contributed by atoms with Crippen molar-refractivity contribution in [1.29, 1.82) is 0 Å². The number of para-hydroxylation sites is 3. The number of aromatic nitrogens is 5. The van der Waals surface area contributed by atoms with Gasteiger partial charge in [0.25, 0.3) is 0 Å². The van der Waals surface area contributed by atoms with Gasteiger partial charge in [-0.3, -0.25) is 4.98 Å². The summed E-state index contributed by atoms with van der Waals surface area (Å²) in [5, 5.41) is 2.16. The summed E-state index contributed by atoms with van der Waals surface area (Å²) in [6.07, 6.45) is 5.52. The molecule has 0 radical (unpaired) electrons. The van der Waals surface area contributed by atoms with Gasteiger partial charge in [-0.1, -0.05) is 36.4 Å². The fourth-order valence-corrected chi connectivity index (χ4v) is 10.1. The standard InChI is InChI=1S/C59H37N5O.Pt/c1-4-14-41(15-5-1)45-26-30-54-53(36-45)52-29-28-49(38-57(52)64(54)58-31-27-46(39-61-58)42-32-34-60-35-33-42)65-48-21-12-20-47(37-48)62-40-63(56-25-11-10-24-55(56)62)59-50(43-16-6-2-7-17-43)22-13-23-51(59)44-18-8-3-9-19-44;/h1-36,39H;/q-2;. The Hall–Kier alpha value is -8.18. The van der Waals surface area contributed by atoms with Crippen LogP contribution < -0.4 is 4.74 Å². The van der Waals surface area contributed by atoms with Crippen LogP contribution in [-0.4, -0.2) is 23.7 Å². The number of fused-ring (bicyclic) bond motifs is 4. The van der Waals surface area contributed by atoms with Crippen molar-refractivity contribution in [3.05, 3.63) is 241 Å². The Morgan fingerprint density at radius 3 is 1.71 bits per heavy atom. The second-order valence-electron chi connectivity index (χ2n) is 16.0. The molecule has 0 saturated carbocycles. The Labute approximate surface area is 392 Å². The van der Waals surface area contributed by atoms with Gasteiger partial charge < -0.3 is 0 Å². The van der Waals surface area contributed by atoms with Gasteiger partial charge >= 0.3 is 294 Å². The van der Waals surface area contributed by atoms with Crippen molar-refractivity contribution in [2.75, 3.05) is 0 Å². The zero-order valence-electron chi connectivity index (χ0n) is 35.3. The zero-order chi connectivity index (χ0) is 44.0. The molecule has 0 amide bonds. The van der Waals surface area contributed by atoms with Crippen molar-refractivity contribution in [1.82, 2.24) is 23.7 Å². The van der Waals surface area contributed by atoms with E-state index in [2.05, 4.69) is 220 Å². The average Bonchev–Trinajstić information content (AvgIpc) is 3.87. The van der Waals surface area contributed by atoms with Crippen molar-refractivity contribution in [2.24, 2.45) is 0 Å². The zero-order valence-corrected chi connectivity index (χ0v) is 37.6. The average molecular weight is 1030 g/mol. The van der Waals surface area contributed by atoms with Crippen LogP contribution in [0.5, 0.6) is 11.5 Å². The number of hydrogen-bond donors (Lipinski definition) is 0. The van der Waals surface area contributed by atoms with Crippen LogP contribution in [0.15, 0.2) is 225 Å². The number of nitrogens with zero attached hydrogens (tertiary/aromatic N) is 5. The topological polar surface area (TPSA) is 49.8 Å². The molecule has 0 fully saturated rings. The Kier molecular flexibility index (Phi) is 10.00. The molecule has 12 aromatic rings. The summed E-state index contributed by atoms with van der Waals surface area (Å²) in [6.45, 7) is 0. The Morgan fingerprint density at radius 2 is 1.03 bits per heavy atom. The van der Waals surface area contributed by atoms with Gasteiger partial charge in [0.1, 0.15) is 0 Å². The number of ether oxygens (including phenoxy) is 1. The van der Waals surface area contributed by atoms with Crippen LogP contribution in [0.1, 0.15) is 0 Å². The molecule has 316 valence electrons. The van der Waals surface area contributed by atoms with Crippen LogP contribution in [0.3, 0.4) is 0 Å². The van der Waals surface area contributed by atoms with Crippen molar-refractivity contribution in [3.63, 3.8) is 0 Å². The van der Waals surface area contributed by atoms with Gasteiger partial charge in [-0.15, -0.1) is 0 Å². The van der Waals surface area contributed by atoms with Crippen LogP contribution in [-0.2, 0) is 19.4 Å². The van der Waals surface area contributed by atoms with E-state index in [9.17, 15) is 0 Å². The number of pyridine rings is 2. The second kappa shape index (κ2) is 16.7. The van der Waals surface area contributed by atoms with Crippen LogP contribution >= 0.6 is 0 Å². The summed E-state index contributed by atoms with van der Waals surface area (Å²) in [6, 6.07) is 79.2. The SMILES string of the molecule is [Pt]=[c]1n(-c2[c-]c(Oc3[c-]c4c(cc3)c3cc(-c5ccccc5)ccc3n4-c3ccc(-c4ccncc4)cn3)ccc2)c2ccccc2n1-c1c(-c2ccccc2)cccc1-c1ccccc1. The summed E-state index contributed by atoms with van der Waals surface area (Å²) in [5.41, 5.74) is 14.9. The van der Waals surface area contributed by atoms with E-state index < -0.39 is 0 Å². The summed E-state index contributed by atoms with van der Waals surface area (Å²) < 4.78 is 14.5. The van der Waals surface area contributed by atoms with Crippen molar-refractivity contribution in [3.8, 4) is 73.2 Å². The molecular formula is C59H37N5OPt-2. The molecule has 66 heavy (non-hydrogen) atoms. The van der Waals surface area contributed by atoms with Crippen molar-refractivity contribution in [2.45, 2.75) is 0 Å². The first-order valence-corrected chi connectivity index (χ1v) is 22.9. The first-order chi connectivity index (χ1) is 32.7. The van der Waals surface area contributed by atoms with Crippen LogP contribution in [0.25, 0.3) is 94.5 Å². The Morgan fingerprint density at radius 1 is 0.424 bits per heavy atom. The predicted octanol–water partition coefficient (Wildman–Crippen LogP) is 14.4. The molecule has 7 heteroatoms. The predicted molar refractivity (Wildman–Crippen MR) is 262 cm³/mol. The van der Waals surface area contributed by atoms with Crippen LogP contribution in [0, 0.1) is 15.9 Å². The minimum absolute atomic E-state index is 0.572. The van der Waals surface area contributed by atoms with Gasteiger partial charge in [0, 0.05) is 24.2 Å². The summed E-state index contributed by atoms with van der Waals surface area (Å²) >= 11 is 2.47. The van der Waals surface area contributed by atoms with Crippen LogP contribution in [0.2, 0.25) is 0 Å². The first kappa shape index (κ1) is 39.4. The fraction of sp³-hybridized carbons (Fsp3) is 0. The van der Waals surface area contributed by atoms with Crippen molar-refractivity contribution < 1.29 is 24.1 Å². The second-order valence-corrected chi connectivity index (χ2v) is 17.0. The number of benzene rings is 8. The molecule has 0 N–H and O–H groups in total. The molecule has 12 rings (SSSR count).